The second-order valence-electron chi connectivity index (χ2n) is 6.49. The predicted octanol–water partition coefficient (Wildman–Crippen LogP) is 5.62. The number of rotatable bonds is 8. The molecule has 0 aromatic heterocycles. The molecule has 0 aliphatic heterocycles. The molecule has 0 bridgehead atoms. The Bertz CT molecular complexity index is 381. The van der Waals surface area contributed by atoms with Crippen LogP contribution < -0.4 is 5.32 Å². The summed E-state index contributed by atoms with van der Waals surface area (Å²) in [4.78, 5) is 0. The van der Waals surface area contributed by atoms with Crippen molar-refractivity contribution in [2.45, 2.75) is 70.8 Å². The minimum atomic E-state index is -0.143. The molecular formula is C19H30FN. The molecule has 21 heavy (non-hydrogen) atoms. The van der Waals surface area contributed by atoms with Crippen molar-refractivity contribution < 1.29 is 4.39 Å². The zero-order valence-corrected chi connectivity index (χ0v) is 13.4. The fourth-order valence-electron chi connectivity index (χ4n) is 3.43. The van der Waals surface area contributed by atoms with Crippen LogP contribution in [0.4, 0.5) is 4.39 Å². The average molecular weight is 291 g/mol. The summed E-state index contributed by atoms with van der Waals surface area (Å²) in [5.74, 6) is 0.779. The monoisotopic (exact) mass is 291 g/mol. The molecule has 1 saturated carbocycles. The maximum absolute atomic E-state index is 13.1. The van der Waals surface area contributed by atoms with Crippen LogP contribution in [0.15, 0.2) is 24.3 Å². The highest BCUT2D eigenvalue weighted by Crippen LogP contribution is 2.26. The van der Waals surface area contributed by atoms with E-state index in [9.17, 15) is 4.39 Å². The SMILES string of the molecule is CCCCC(NCCC1CCCCC1)c1ccc(F)cc1. The lowest BCUT2D eigenvalue weighted by molar-refractivity contribution is 0.325. The van der Waals surface area contributed by atoms with Gasteiger partial charge in [0.1, 0.15) is 5.82 Å². The van der Waals surface area contributed by atoms with Crippen LogP contribution in [0, 0.1) is 11.7 Å². The van der Waals surface area contributed by atoms with Gasteiger partial charge >= 0.3 is 0 Å². The number of unbranched alkanes of at least 4 members (excludes halogenated alkanes) is 1. The highest BCUT2D eigenvalue weighted by atomic mass is 19.1. The van der Waals surface area contributed by atoms with Gasteiger partial charge in [-0.2, -0.15) is 0 Å². The van der Waals surface area contributed by atoms with Crippen LogP contribution in [0.25, 0.3) is 0 Å². The van der Waals surface area contributed by atoms with Gasteiger partial charge in [-0.15, -0.1) is 0 Å². The molecular weight excluding hydrogens is 261 g/mol. The summed E-state index contributed by atoms with van der Waals surface area (Å²) in [5, 5.41) is 3.72. The number of hydrogen-bond acceptors (Lipinski definition) is 1. The number of nitrogens with one attached hydrogen (secondary N) is 1. The lowest BCUT2D eigenvalue weighted by Gasteiger charge is -2.24. The van der Waals surface area contributed by atoms with E-state index in [1.807, 2.05) is 12.1 Å². The summed E-state index contributed by atoms with van der Waals surface area (Å²) in [6.07, 6.45) is 12.0. The molecule has 2 heteroatoms. The fraction of sp³-hybridized carbons (Fsp3) is 0.684. The van der Waals surface area contributed by atoms with Crippen molar-refractivity contribution in [3.8, 4) is 0 Å². The number of hydrogen-bond donors (Lipinski definition) is 1. The van der Waals surface area contributed by atoms with Gasteiger partial charge in [0.05, 0.1) is 0 Å². The van der Waals surface area contributed by atoms with Crippen LogP contribution >= 0.6 is 0 Å². The van der Waals surface area contributed by atoms with Crippen molar-refractivity contribution in [1.29, 1.82) is 0 Å². The normalized spacial score (nSPS) is 17.8. The molecule has 1 aliphatic carbocycles. The quantitative estimate of drug-likeness (QED) is 0.655. The molecule has 0 amide bonds. The molecule has 1 nitrogen and oxygen atoms in total. The van der Waals surface area contributed by atoms with Crippen LogP contribution in [0.1, 0.15) is 76.3 Å². The fourth-order valence-corrected chi connectivity index (χ4v) is 3.43. The van der Waals surface area contributed by atoms with E-state index in [1.165, 1.54) is 56.9 Å². The third-order valence-corrected chi connectivity index (χ3v) is 4.79. The Morgan fingerprint density at radius 3 is 2.52 bits per heavy atom. The van der Waals surface area contributed by atoms with E-state index < -0.39 is 0 Å². The van der Waals surface area contributed by atoms with Crippen molar-refractivity contribution >= 4 is 0 Å². The van der Waals surface area contributed by atoms with Crippen LogP contribution in [0.2, 0.25) is 0 Å². The molecule has 1 unspecified atom stereocenters. The minimum Gasteiger partial charge on any atom is -0.310 e. The summed E-state index contributed by atoms with van der Waals surface area (Å²) in [5.41, 5.74) is 1.23. The van der Waals surface area contributed by atoms with Crippen LogP contribution in [0.5, 0.6) is 0 Å². The van der Waals surface area contributed by atoms with E-state index in [2.05, 4.69) is 12.2 Å². The van der Waals surface area contributed by atoms with Gasteiger partial charge in [0.25, 0.3) is 0 Å². The van der Waals surface area contributed by atoms with E-state index in [1.54, 1.807) is 12.1 Å². The maximum atomic E-state index is 13.1. The molecule has 1 fully saturated rings. The zero-order chi connectivity index (χ0) is 14.9. The standard InChI is InChI=1S/C19H30FN/c1-2-3-9-19(17-10-12-18(20)13-11-17)21-15-14-16-7-5-4-6-8-16/h10-13,16,19,21H,2-9,14-15H2,1H3. The zero-order valence-electron chi connectivity index (χ0n) is 13.4. The molecule has 1 atom stereocenters. The average Bonchev–Trinajstić information content (AvgIpc) is 2.53. The Balaban J connectivity index is 1.82. The van der Waals surface area contributed by atoms with E-state index in [0.717, 1.165) is 18.9 Å². The highest BCUT2D eigenvalue weighted by molar-refractivity contribution is 5.19. The van der Waals surface area contributed by atoms with Gasteiger partial charge < -0.3 is 5.32 Å². The molecule has 1 aliphatic rings. The maximum Gasteiger partial charge on any atom is 0.123 e. The molecule has 0 saturated heterocycles. The van der Waals surface area contributed by atoms with Crippen LogP contribution in [-0.2, 0) is 0 Å². The molecule has 2 rings (SSSR count). The Morgan fingerprint density at radius 1 is 1.14 bits per heavy atom. The summed E-state index contributed by atoms with van der Waals surface area (Å²) in [7, 11) is 0. The first-order valence-corrected chi connectivity index (χ1v) is 8.78. The molecule has 118 valence electrons. The van der Waals surface area contributed by atoms with Crippen LogP contribution in [-0.4, -0.2) is 6.54 Å². The Morgan fingerprint density at radius 2 is 1.86 bits per heavy atom. The second kappa shape index (κ2) is 9.19. The Kier molecular flexibility index (Phi) is 7.21. The van der Waals surface area contributed by atoms with Gasteiger partial charge in [-0.1, -0.05) is 64.0 Å². The van der Waals surface area contributed by atoms with Crippen molar-refractivity contribution in [2.75, 3.05) is 6.54 Å². The third kappa shape index (κ3) is 5.78. The third-order valence-electron chi connectivity index (χ3n) is 4.79. The van der Waals surface area contributed by atoms with E-state index >= 15 is 0 Å². The highest BCUT2D eigenvalue weighted by Gasteiger charge is 2.15. The number of benzene rings is 1. The molecule has 1 N–H and O–H groups in total. The van der Waals surface area contributed by atoms with Gasteiger partial charge in [0.2, 0.25) is 0 Å². The molecule has 1 aromatic rings. The van der Waals surface area contributed by atoms with E-state index in [4.69, 9.17) is 0 Å². The van der Waals surface area contributed by atoms with E-state index in [-0.39, 0.29) is 5.82 Å². The predicted molar refractivity (Wildman–Crippen MR) is 87.9 cm³/mol. The first kappa shape index (κ1) is 16.5. The van der Waals surface area contributed by atoms with Gasteiger partial charge in [-0.25, -0.2) is 4.39 Å². The lowest BCUT2D eigenvalue weighted by Crippen LogP contribution is -2.24. The van der Waals surface area contributed by atoms with Crippen molar-refractivity contribution in [2.24, 2.45) is 5.92 Å². The molecule has 0 spiro atoms. The Labute approximate surface area is 129 Å². The summed E-state index contributed by atoms with van der Waals surface area (Å²) < 4.78 is 13.1. The minimum absolute atomic E-state index is 0.143. The van der Waals surface area contributed by atoms with Gasteiger partial charge in [-0.05, 0) is 43.0 Å². The van der Waals surface area contributed by atoms with Crippen molar-refractivity contribution in [1.82, 2.24) is 5.32 Å². The van der Waals surface area contributed by atoms with Crippen LogP contribution in [0.3, 0.4) is 0 Å². The lowest BCUT2D eigenvalue weighted by atomic mass is 9.87. The molecule has 0 heterocycles. The summed E-state index contributed by atoms with van der Waals surface area (Å²) in [6, 6.07) is 7.41. The first-order valence-electron chi connectivity index (χ1n) is 8.78. The summed E-state index contributed by atoms with van der Waals surface area (Å²) in [6.45, 7) is 3.32. The first-order chi connectivity index (χ1) is 10.3. The molecule has 0 radical (unpaired) electrons. The van der Waals surface area contributed by atoms with Crippen molar-refractivity contribution in [3.05, 3.63) is 35.6 Å². The Hall–Kier alpha value is -0.890. The van der Waals surface area contributed by atoms with Crippen molar-refractivity contribution in [3.63, 3.8) is 0 Å². The van der Waals surface area contributed by atoms with E-state index in [0.29, 0.717) is 6.04 Å². The topological polar surface area (TPSA) is 12.0 Å². The smallest absolute Gasteiger partial charge is 0.123 e. The largest absolute Gasteiger partial charge is 0.310 e. The molecule has 1 aromatic carbocycles. The second-order valence-corrected chi connectivity index (χ2v) is 6.49. The number of halogens is 1. The summed E-state index contributed by atoms with van der Waals surface area (Å²) >= 11 is 0. The van der Waals surface area contributed by atoms with Gasteiger partial charge in [-0.3, -0.25) is 0 Å². The van der Waals surface area contributed by atoms with Gasteiger partial charge in [0, 0.05) is 6.04 Å². The van der Waals surface area contributed by atoms with Gasteiger partial charge in [0.15, 0.2) is 0 Å².